The molecule has 1 aliphatic rings. The molecule has 2 aromatic carbocycles. The maximum Gasteiger partial charge on any atom is 0.211 e. The van der Waals surface area contributed by atoms with Gasteiger partial charge in [0.1, 0.15) is 0 Å². The van der Waals surface area contributed by atoms with E-state index in [2.05, 4.69) is 79.7 Å². The average Bonchev–Trinajstić information content (AvgIpc) is 3.24. The highest BCUT2D eigenvalue weighted by Crippen LogP contribution is 2.45. The van der Waals surface area contributed by atoms with Gasteiger partial charge in [-0.15, -0.1) is 0 Å². The van der Waals surface area contributed by atoms with Crippen LogP contribution in [-0.4, -0.2) is 4.70 Å². The second-order valence-corrected chi connectivity index (χ2v) is 12.5. The SMILES string of the molecule is CCCCC1=C(c2cc(C)c(C)c(C)c2)[N+](=[N-])C(c2cc(CCCC)c(CCCC)c(CCCC)c2)=C1CCCC. The van der Waals surface area contributed by atoms with Crippen LogP contribution >= 0.6 is 0 Å². The van der Waals surface area contributed by atoms with Crippen molar-refractivity contribution >= 4 is 11.4 Å². The van der Waals surface area contributed by atoms with Crippen molar-refractivity contribution in [3.63, 3.8) is 0 Å². The standard InChI is InChI=1S/C39H58N2/c1-9-14-19-31-26-34(27-32(20-15-10-2)35(31)21-16-11-3)39-37(23-18-13-5)36(22-17-12-4)38(41(39)40)33-24-28(6)30(8)29(7)25-33/h24-27H,9-23H2,1-8H3. The molecule has 0 unspecified atom stereocenters. The highest BCUT2D eigenvalue weighted by Gasteiger charge is 2.36. The second-order valence-electron chi connectivity index (χ2n) is 12.5. The molecule has 0 aliphatic carbocycles. The Morgan fingerprint density at radius 1 is 0.512 bits per heavy atom. The summed E-state index contributed by atoms with van der Waals surface area (Å²) >= 11 is 0. The summed E-state index contributed by atoms with van der Waals surface area (Å²) in [4.78, 5) is 0. The minimum Gasteiger partial charge on any atom is -0.493 e. The van der Waals surface area contributed by atoms with E-state index in [-0.39, 0.29) is 0 Å². The van der Waals surface area contributed by atoms with Crippen LogP contribution < -0.4 is 0 Å². The van der Waals surface area contributed by atoms with Gasteiger partial charge in [-0.2, -0.15) is 0 Å². The Morgan fingerprint density at radius 2 is 0.878 bits per heavy atom. The first-order valence-electron chi connectivity index (χ1n) is 17.0. The van der Waals surface area contributed by atoms with Crippen LogP contribution in [0.1, 0.15) is 156 Å². The Labute approximate surface area is 252 Å². The Bertz CT molecular complexity index is 1200. The highest BCUT2D eigenvalue weighted by atomic mass is 15.2. The molecular weight excluding hydrogens is 496 g/mol. The summed E-state index contributed by atoms with van der Waals surface area (Å²) in [6.45, 7) is 18.1. The lowest BCUT2D eigenvalue weighted by Crippen LogP contribution is -2.08. The maximum absolute atomic E-state index is 12.2. The van der Waals surface area contributed by atoms with Gasteiger partial charge >= 0.3 is 0 Å². The number of hydrogen-bond donors (Lipinski definition) is 0. The Balaban J connectivity index is 2.29. The van der Waals surface area contributed by atoms with Gasteiger partial charge in [0.05, 0.1) is 0 Å². The van der Waals surface area contributed by atoms with Crippen LogP contribution in [0.15, 0.2) is 35.4 Å². The topological polar surface area (TPSA) is 25.3 Å². The normalized spacial score (nSPS) is 13.7. The quantitative estimate of drug-likeness (QED) is 0.174. The van der Waals surface area contributed by atoms with Crippen LogP contribution in [0.5, 0.6) is 0 Å². The summed E-state index contributed by atoms with van der Waals surface area (Å²) in [6, 6.07) is 9.51. The molecule has 2 aromatic rings. The van der Waals surface area contributed by atoms with Gasteiger partial charge in [0, 0.05) is 22.3 Å². The highest BCUT2D eigenvalue weighted by molar-refractivity contribution is 5.83. The van der Waals surface area contributed by atoms with Crippen molar-refractivity contribution in [1.29, 1.82) is 0 Å². The van der Waals surface area contributed by atoms with Gasteiger partial charge < -0.3 is 5.53 Å². The zero-order valence-electron chi connectivity index (χ0n) is 27.8. The third-order valence-electron chi connectivity index (χ3n) is 9.21. The van der Waals surface area contributed by atoms with Crippen molar-refractivity contribution in [1.82, 2.24) is 0 Å². The number of nitrogens with zero attached hydrogens (tertiary/aromatic N) is 2. The minimum atomic E-state index is 1.01. The van der Waals surface area contributed by atoms with E-state index < -0.39 is 0 Å². The van der Waals surface area contributed by atoms with Crippen LogP contribution in [0.2, 0.25) is 0 Å². The van der Waals surface area contributed by atoms with Gasteiger partial charge in [-0.05, 0) is 143 Å². The molecule has 0 spiro atoms. The lowest BCUT2D eigenvalue weighted by molar-refractivity contribution is -0.345. The lowest BCUT2D eigenvalue weighted by Gasteiger charge is -2.19. The third kappa shape index (κ3) is 7.88. The fourth-order valence-electron chi connectivity index (χ4n) is 6.45. The Kier molecular flexibility index (Phi) is 13.1. The van der Waals surface area contributed by atoms with Gasteiger partial charge in [-0.3, -0.25) is 0 Å². The van der Waals surface area contributed by atoms with Crippen LogP contribution in [0.3, 0.4) is 0 Å². The van der Waals surface area contributed by atoms with Gasteiger partial charge in [0.15, 0.2) is 0 Å². The molecule has 1 heterocycles. The summed E-state index contributed by atoms with van der Waals surface area (Å²) in [7, 11) is 0. The van der Waals surface area contributed by atoms with Crippen molar-refractivity contribution in [2.75, 3.05) is 0 Å². The van der Waals surface area contributed by atoms with Gasteiger partial charge in [0.2, 0.25) is 11.4 Å². The Hall–Kier alpha value is -2.48. The van der Waals surface area contributed by atoms with Crippen molar-refractivity contribution in [2.45, 2.75) is 152 Å². The molecule has 2 heteroatoms. The number of aryl methyl sites for hydroxylation is 4. The zero-order chi connectivity index (χ0) is 29.9. The maximum atomic E-state index is 12.2. The predicted octanol–water partition coefficient (Wildman–Crippen LogP) is 12.2. The van der Waals surface area contributed by atoms with Crippen molar-refractivity contribution < 1.29 is 4.70 Å². The second kappa shape index (κ2) is 16.2. The molecule has 3 rings (SSSR count). The van der Waals surface area contributed by atoms with Crippen molar-refractivity contribution in [3.8, 4) is 0 Å². The largest absolute Gasteiger partial charge is 0.493 e. The molecule has 0 saturated heterocycles. The molecular formula is C39H58N2. The summed E-state index contributed by atoms with van der Waals surface area (Å²) < 4.78 is 1.60. The molecule has 1 aliphatic heterocycles. The molecule has 0 amide bonds. The number of allylic oxidation sites excluding steroid dienone is 2. The molecule has 224 valence electrons. The first-order chi connectivity index (χ1) is 19.8. The fourth-order valence-corrected chi connectivity index (χ4v) is 6.45. The number of unbranched alkanes of at least 4 members (excludes halogenated alkanes) is 5. The zero-order valence-corrected chi connectivity index (χ0v) is 27.8. The van der Waals surface area contributed by atoms with E-state index in [9.17, 15) is 5.53 Å². The van der Waals surface area contributed by atoms with Crippen LogP contribution in [0.4, 0.5) is 0 Å². The van der Waals surface area contributed by atoms with E-state index in [1.165, 1.54) is 89.5 Å². The summed E-state index contributed by atoms with van der Waals surface area (Å²) in [5.41, 5.74) is 28.0. The first-order valence-corrected chi connectivity index (χ1v) is 17.0. The monoisotopic (exact) mass is 554 g/mol. The molecule has 0 bridgehead atoms. The van der Waals surface area contributed by atoms with Crippen LogP contribution in [0.25, 0.3) is 16.9 Å². The lowest BCUT2D eigenvalue weighted by atomic mass is 9.86. The molecule has 2 nitrogen and oxygen atoms in total. The molecule has 0 saturated carbocycles. The fraction of sp³-hybridized carbons (Fsp3) is 0.590. The van der Waals surface area contributed by atoms with Gasteiger partial charge in [0.25, 0.3) is 0 Å². The summed E-state index contributed by atoms with van der Waals surface area (Å²) in [5, 5.41) is 0. The van der Waals surface area contributed by atoms with E-state index in [1.54, 1.807) is 10.3 Å². The van der Waals surface area contributed by atoms with Gasteiger partial charge in [-0.25, -0.2) is 4.70 Å². The average molecular weight is 555 g/mol. The van der Waals surface area contributed by atoms with E-state index in [1.807, 2.05) is 0 Å². The van der Waals surface area contributed by atoms with Crippen molar-refractivity contribution in [3.05, 3.63) is 85.5 Å². The van der Waals surface area contributed by atoms with E-state index in [0.717, 1.165) is 68.3 Å². The van der Waals surface area contributed by atoms with E-state index in [4.69, 9.17) is 0 Å². The molecule has 0 atom stereocenters. The van der Waals surface area contributed by atoms with E-state index >= 15 is 0 Å². The summed E-state index contributed by atoms with van der Waals surface area (Å²) in [6.07, 6.45) is 17.4. The minimum absolute atomic E-state index is 1.01. The number of benzene rings is 2. The molecule has 0 aromatic heterocycles. The smallest absolute Gasteiger partial charge is 0.211 e. The summed E-state index contributed by atoms with van der Waals surface area (Å²) in [5.74, 6) is 0. The number of hydrogen-bond acceptors (Lipinski definition) is 0. The number of rotatable bonds is 17. The molecule has 0 N–H and O–H groups in total. The van der Waals surface area contributed by atoms with Crippen LogP contribution in [0, 0.1) is 20.8 Å². The van der Waals surface area contributed by atoms with E-state index in [0.29, 0.717) is 0 Å². The van der Waals surface area contributed by atoms with Crippen molar-refractivity contribution in [2.24, 2.45) is 0 Å². The predicted molar refractivity (Wildman–Crippen MR) is 179 cm³/mol. The molecule has 0 radical (unpaired) electrons. The molecule has 41 heavy (non-hydrogen) atoms. The van der Waals surface area contributed by atoms with Gasteiger partial charge in [-0.1, -0.05) is 66.7 Å². The third-order valence-corrected chi connectivity index (χ3v) is 9.21. The first kappa shape index (κ1) is 33.0. The molecule has 0 fully saturated rings. The van der Waals surface area contributed by atoms with Crippen LogP contribution in [-0.2, 0) is 19.3 Å². The Morgan fingerprint density at radius 3 is 1.29 bits per heavy atom.